The zero-order valence-electron chi connectivity index (χ0n) is 4.59. The van der Waals surface area contributed by atoms with Gasteiger partial charge in [0.25, 0.3) is 0 Å². The summed E-state index contributed by atoms with van der Waals surface area (Å²) in [5, 5.41) is 0. The third-order valence-electron chi connectivity index (χ3n) is 0.622. The van der Waals surface area contributed by atoms with Crippen molar-refractivity contribution in [3.05, 3.63) is 0 Å². The van der Waals surface area contributed by atoms with Crippen molar-refractivity contribution in [3.8, 4) is 0 Å². The largest absolute Gasteiger partial charge is 0.373 e. The molecule has 0 amide bonds. The summed E-state index contributed by atoms with van der Waals surface area (Å²) in [5.41, 5.74) is 0. The van der Waals surface area contributed by atoms with Crippen molar-refractivity contribution in [2.45, 2.75) is 6.42 Å². The SMILES string of the molecule is NOC(=O)CC(=O)CCl. The van der Waals surface area contributed by atoms with Crippen LogP contribution in [0.25, 0.3) is 0 Å². The van der Waals surface area contributed by atoms with Gasteiger partial charge in [-0.25, -0.2) is 4.79 Å². The lowest BCUT2D eigenvalue weighted by atomic mass is 10.3. The van der Waals surface area contributed by atoms with Crippen LogP contribution in [-0.4, -0.2) is 17.6 Å². The molecular weight excluding hydrogens is 146 g/mol. The zero-order valence-corrected chi connectivity index (χ0v) is 5.35. The van der Waals surface area contributed by atoms with Crippen LogP contribution >= 0.6 is 11.6 Å². The molecule has 0 aromatic rings. The number of Topliss-reactive ketones (excluding diaryl/α,β-unsaturated/α-hetero) is 1. The number of ketones is 1. The van der Waals surface area contributed by atoms with E-state index < -0.39 is 11.8 Å². The van der Waals surface area contributed by atoms with Crippen LogP contribution in [0.15, 0.2) is 0 Å². The van der Waals surface area contributed by atoms with Gasteiger partial charge in [0, 0.05) is 0 Å². The molecule has 4 nitrogen and oxygen atoms in total. The number of rotatable bonds is 3. The van der Waals surface area contributed by atoms with Crippen LogP contribution in [0.3, 0.4) is 0 Å². The minimum Gasteiger partial charge on any atom is -0.373 e. The summed E-state index contributed by atoms with van der Waals surface area (Å²) in [4.78, 5) is 24.2. The van der Waals surface area contributed by atoms with Crippen LogP contribution in [0, 0.1) is 0 Å². The van der Waals surface area contributed by atoms with E-state index in [2.05, 4.69) is 10.7 Å². The molecule has 0 unspecified atom stereocenters. The number of hydrogen-bond acceptors (Lipinski definition) is 4. The first-order valence-electron chi connectivity index (χ1n) is 2.18. The number of nitrogens with two attached hydrogens (primary N) is 1. The number of alkyl halides is 1. The maximum atomic E-state index is 10.3. The van der Waals surface area contributed by atoms with Crippen molar-refractivity contribution in [2.75, 3.05) is 5.88 Å². The molecule has 0 saturated carbocycles. The van der Waals surface area contributed by atoms with Gasteiger partial charge in [-0.05, 0) is 0 Å². The van der Waals surface area contributed by atoms with Gasteiger partial charge in [0.1, 0.15) is 6.42 Å². The predicted molar refractivity (Wildman–Crippen MR) is 30.6 cm³/mol. The second kappa shape index (κ2) is 4.29. The molecule has 0 aliphatic rings. The molecule has 9 heavy (non-hydrogen) atoms. The Morgan fingerprint density at radius 1 is 1.56 bits per heavy atom. The van der Waals surface area contributed by atoms with Gasteiger partial charge in [-0.3, -0.25) is 4.79 Å². The second-order valence-electron chi connectivity index (χ2n) is 1.34. The predicted octanol–water partition coefficient (Wildman–Crippen LogP) is -0.399. The Morgan fingerprint density at radius 2 is 2.11 bits per heavy atom. The highest BCUT2D eigenvalue weighted by Gasteiger charge is 2.07. The van der Waals surface area contributed by atoms with Crippen molar-refractivity contribution in [3.63, 3.8) is 0 Å². The molecular formula is C4H6ClNO3. The summed E-state index contributed by atoms with van der Waals surface area (Å²) in [5.74, 6) is 3.09. The van der Waals surface area contributed by atoms with Crippen LogP contribution in [0.5, 0.6) is 0 Å². The molecule has 0 saturated heterocycles. The zero-order chi connectivity index (χ0) is 7.28. The standard InChI is InChI=1S/C4H6ClNO3/c5-2-3(7)1-4(8)9-6/h1-2,6H2. The van der Waals surface area contributed by atoms with Crippen molar-refractivity contribution in [2.24, 2.45) is 5.90 Å². The van der Waals surface area contributed by atoms with Gasteiger partial charge >= 0.3 is 5.97 Å². The van der Waals surface area contributed by atoms with Gasteiger partial charge in [-0.2, -0.15) is 5.90 Å². The van der Waals surface area contributed by atoms with E-state index in [1.54, 1.807) is 0 Å². The first-order chi connectivity index (χ1) is 4.20. The minimum atomic E-state index is -0.763. The number of hydrogen-bond donors (Lipinski definition) is 1. The summed E-state index contributed by atoms with van der Waals surface area (Å²) in [6, 6.07) is 0. The molecule has 0 rings (SSSR count). The highest BCUT2D eigenvalue weighted by atomic mass is 35.5. The quantitative estimate of drug-likeness (QED) is 0.339. The van der Waals surface area contributed by atoms with Crippen LogP contribution in [0.2, 0.25) is 0 Å². The Bertz CT molecular complexity index is 111. The summed E-state index contributed by atoms with van der Waals surface area (Å²) < 4.78 is 0. The maximum absolute atomic E-state index is 10.3. The van der Waals surface area contributed by atoms with Crippen LogP contribution < -0.4 is 5.90 Å². The van der Waals surface area contributed by atoms with Crippen molar-refractivity contribution in [1.29, 1.82) is 0 Å². The number of halogens is 1. The highest BCUT2D eigenvalue weighted by molar-refractivity contribution is 6.28. The topological polar surface area (TPSA) is 69.4 Å². The van der Waals surface area contributed by atoms with E-state index in [-0.39, 0.29) is 12.3 Å². The van der Waals surface area contributed by atoms with Crippen molar-refractivity contribution >= 4 is 23.4 Å². The lowest BCUT2D eigenvalue weighted by Crippen LogP contribution is -2.15. The average Bonchev–Trinajstić information content (AvgIpc) is 1.87. The Balaban J connectivity index is 3.47. The Labute approximate surface area is 56.9 Å². The van der Waals surface area contributed by atoms with Gasteiger partial charge in [0.05, 0.1) is 5.88 Å². The van der Waals surface area contributed by atoms with Crippen LogP contribution in [0.1, 0.15) is 6.42 Å². The normalized spacial score (nSPS) is 8.67. The molecule has 0 spiro atoms. The van der Waals surface area contributed by atoms with E-state index >= 15 is 0 Å². The minimum absolute atomic E-state index is 0.185. The van der Waals surface area contributed by atoms with E-state index in [1.165, 1.54) is 0 Å². The van der Waals surface area contributed by atoms with Crippen molar-refractivity contribution in [1.82, 2.24) is 0 Å². The average molecular weight is 152 g/mol. The molecule has 0 aromatic carbocycles. The molecule has 0 heterocycles. The lowest BCUT2D eigenvalue weighted by Gasteiger charge is -1.91. The van der Waals surface area contributed by atoms with Crippen molar-refractivity contribution < 1.29 is 14.4 Å². The Morgan fingerprint density at radius 3 is 2.44 bits per heavy atom. The third-order valence-corrected chi connectivity index (χ3v) is 0.920. The molecule has 2 N–H and O–H groups in total. The number of carbonyl (C=O) groups is 2. The Hall–Kier alpha value is -0.610. The summed E-state index contributed by atoms with van der Waals surface area (Å²) in [6.07, 6.45) is -0.347. The van der Waals surface area contributed by atoms with Gasteiger partial charge < -0.3 is 4.84 Å². The van der Waals surface area contributed by atoms with Gasteiger partial charge in [-0.1, -0.05) is 0 Å². The summed E-state index contributed by atoms with van der Waals surface area (Å²) >= 11 is 5.05. The molecule has 0 aliphatic heterocycles. The number of carbonyl (C=O) groups excluding carboxylic acids is 2. The fraction of sp³-hybridized carbons (Fsp3) is 0.500. The Kier molecular flexibility index (Phi) is 4.00. The van der Waals surface area contributed by atoms with Gasteiger partial charge in [0.2, 0.25) is 0 Å². The van der Waals surface area contributed by atoms with E-state index in [9.17, 15) is 9.59 Å². The fourth-order valence-electron chi connectivity index (χ4n) is 0.250. The van der Waals surface area contributed by atoms with E-state index in [0.717, 1.165) is 0 Å². The molecule has 0 aliphatic carbocycles. The van der Waals surface area contributed by atoms with Gasteiger partial charge in [0.15, 0.2) is 5.78 Å². The molecule has 52 valence electrons. The van der Waals surface area contributed by atoms with Crippen LogP contribution in [0.4, 0.5) is 0 Å². The highest BCUT2D eigenvalue weighted by Crippen LogP contribution is 1.87. The maximum Gasteiger partial charge on any atom is 0.331 e. The lowest BCUT2D eigenvalue weighted by molar-refractivity contribution is -0.146. The second-order valence-corrected chi connectivity index (χ2v) is 1.61. The third kappa shape index (κ3) is 3.93. The fourth-order valence-corrected chi connectivity index (χ4v) is 0.344. The van der Waals surface area contributed by atoms with E-state index in [1.807, 2.05) is 0 Å². The van der Waals surface area contributed by atoms with Crippen LogP contribution in [-0.2, 0) is 14.4 Å². The van der Waals surface area contributed by atoms with E-state index in [0.29, 0.717) is 0 Å². The molecule has 0 bridgehead atoms. The molecule has 0 aromatic heterocycles. The van der Waals surface area contributed by atoms with Gasteiger partial charge in [-0.15, -0.1) is 11.6 Å². The molecule has 0 radical (unpaired) electrons. The monoisotopic (exact) mass is 151 g/mol. The summed E-state index contributed by atoms with van der Waals surface area (Å²) in [7, 11) is 0. The summed E-state index contributed by atoms with van der Waals surface area (Å²) in [6.45, 7) is 0. The smallest absolute Gasteiger partial charge is 0.331 e. The first-order valence-corrected chi connectivity index (χ1v) is 2.71. The molecule has 0 fully saturated rings. The first kappa shape index (κ1) is 8.39. The molecule has 0 atom stereocenters. The van der Waals surface area contributed by atoms with E-state index in [4.69, 9.17) is 11.6 Å². The molecule has 5 heteroatoms.